The van der Waals surface area contributed by atoms with E-state index in [2.05, 4.69) is 0 Å². The Kier molecular flexibility index (Phi) is 2.93. The minimum Gasteiger partial charge on any atom is -0.481 e. The predicted octanol–water partition coefficient (Wildman–Crippen LogP) is 0.412. The Balaban J connectivity index is 2.81. The second kappa shape index (κ2) is 3.84. The van der Waals surface area contributed by atoms with E-state index in [4.69, 9.17) is 5.11 Å². The van der Waals surface area contributed by atoms with Gasteiger partial charge in [-0.3, -0.25) is 19.3 Å². The van der Waals surface area contributed by atoms with E-state index in [0.29, 0.717) is 6.42 Å². The lowest BCUT2D eigenvalue weighted by Gasteiger charge is -2.27. The van der Waals surface area contributed by atoms with E-state index in [0.717, 1.165) is 17.1 Å². The molecule has 2 amide bonds. The van der Waals surface area contributed by atoms with E-state index in [1.807, 2.05) is 0 Å². The zero-order valence-corrected chi connectivity index (χ0v) is 8.69. The molecular weight excluding hydrogens is 198 g/mol. The summed E-state index contributed by atoms with van der Waals surface area (Å²) in [6, 6.07) is 0. The highest BCUT2D eigenvalue weighted by Crippen LogP contribution is 2.24. The van der Waals surface area contributed by atoms with Crippen molar-refractivity contribution in [2.24, 2.45) is 5.41 Å². The smallest absolute Gasteiger partial charge is 0.311 e. The highest BCUT2D eigenvalue weighted by molar-refractivity contribution is 6.13. The molecule has 0 aliphatic carbocycles. The zero-order chi connectivity index (χ0) is 11.6. The summed E-state index contributed by atoms with van der Waals surface area (Å²) in [7, 11) is 0. The number of hydrogen-bond acceptors (Lipinski definition) is 3. The molecule has 0 radical (unpaired) electrons. The SMILES string of the molecule is CCC(C)(CN1C(=O)C=CC1=O)C(=O)O. The van der Waals surface area contributed by atoms with Gasteiger partial charge in [-0.15, -0.1) is 0 Å². The maximum atomic E-state index is 11.2. The Morgan fingerprint density at radius 3 is 2.20 bits per heavy atom. The number of rotatable bonds is 4. The number of carbonyl (C=O) groups excluding carboxylic acids is 2. The fourth-order valence-electron chi connectivity index (χ4n) is 1.27. The van der Waals surface area contributed by atoms with Crippen molar-refractivity contribution in [2.45, 2.75) is 20.3 Å². The summed E-state index contributed by atoms with van der Waals surface area (Å²) in [5.41, 5.74) is -1.07. The quantitative estimate of drug-likeness (QED) is 0.683. The van der Waals surface area contributed by atoms with Gasteiger partial charge in [-0.2, -0.15) is 0 Å². The van der Waals surface area contributed by atoms with Gasteiger partial charge in [0, 0.05) is 18.7 Å². The molecule has 1 atom stereocenters. The molecule has 1 unspecified atom stereocenters. The fourth-order valence-corrected chi connectivity index (χ4v) is 1.27. The van der Waals surface area contributed by atoms with Crippen molar-refractivity contribution in [2.75, 3.05) is 6.54 Å². The summed E-state index contributed by atoms with van der Waals surface area (Å²) in [4.78, 5) is 34.4. The molecule has 0 aromatic carbocycles. The predicted molar refractivity (Wildman–Crippen MR) is 51.9 cm³/mol. The van der Waals surface area contributed by atoms with E-state index in [-0.39, 0.29) is 6.54 Å². The van der Waals surface area contributed by atoms with Crippen LogP contribution in [-0.2, 0) is 14.4 Å². The molecule has 0 saturated heterocycles. The second-order valence-electron chi connectivity index (χ2n) is 3.82. The van der Waals surface area contributed by atoms with E-state index < -0.39 is 23.2 Å². The van der Waals surface area contributed by atoms with Crippen LogP contribution in [0.15, 0.2) is 12.2 Å². The number of amides is 2. The Hall–Kier alpha value is -1.65. The van der Waals surface area contributed by atoms with Crippen LogP contribution >= 0.6 is 0 Å². The number of carboxylic acid groups (broad SMARTS) is 1. The van der Waals surface area contributed by atoms with Crippen molar-refractivity contribution >= 4 is 17.8 Å². The summed E-state index contributed by atoms with van der Waals surface area (Å²) in [5, 5.41) is 9.00. The highest BCUT2D eigenvalue weighted by atomic mass is 16.4. The van der Waals surface area contributed by atoms with Gasteiger partial charge in [0.15, 0.2) is 0 Å². The van der Waals surface area contributed by atoms with Gasteiger partial charge in [-0.25, -0.2) is 0 Å². The van der Waals surface area contributed by atoms with Crippen LogP contribution in [0, 0.1) is 5.41 Å². The van der Waals surface area contributed by atoms with Crippen molar-refractivity contribution < 1.29 is 19.5 Å². The van der Waals surface area contributed by atoms with Gasteiger partial charge < -0.3 is 5.11 Å². The second-order valence-corrected chi connectivity index (χ2v) is 3.82. The molecule has 1 N–H and O–H groups in total. The topological polar surface area (TPSA) is 74.7 Å². The van der Waals surface area contributed by atoms with Gasteiger partial charge in [0.25, 0.3) is 11.8 Å². The number of aliphatic carboxylic acids is 1. The van der Waals surface area contributed by atoms with Crippen LogP contribution < -0.4 is 0 Å². The molecule has 0 fully saturated rings. The normalized spacial score (nSPS) is 19.5. The monoisotopic (exact) mass is 211 g/mol. The van der Waals surface area contributed by atoms with Crippen LogP contribution in [0.2, 0.25) is 0 Å². The third kappa shape index (κ3) is 2.06. The van der Waals surface area contributed by atoms with Crippen LogP contribution in [0.1, 0.15) is 20.3 Å². The molecule has 0 aromatic heterocycles. The van der Waals surface area contributed by atoms with Crippen LogP contribution in [0.25, 0.3) is 0 Å². The molecule has 1 aliphatic rings. The summed E-state index contributed by atoms with van der Waals surface area (Å²) in [6.07, 6.45) is 2.67. The van der Waals surface area contributed by atoms with Crippen molar-refractivity contribution in [1.82, 2.24) is 4.90 Å². The summed E-state index contributed by atoms with van der Waals surface area (Å²) in [6.45, 7) is 3.16. The maximum absolute atomic E-state index is 11.2. The van der Waals surface area contributed by atoms with Gasteiger partial charge in [0.2, 0.25) is 0 Å². The zero-order valence-electron chi connectivity index (χ0n) is 8.69. The summed E-state index contributed by atoms with van der Waals surface area (Å²) >= 11 is 0. The Bertz CT molecular complexity index is 329. The van der Waals surface area contributed by atoms with E-state index in [1.165, 1.54) is 6.92 Å². The first-order valence-electron chi connectivity index (χ1n) is 4.67. The lowest BCUT2D eigenvalue weighted by Crippen LogP contribution is -2.43. The number of hydrogen-bond donors (Lipinski definition) is 1. The average Bonchev–Trinajstić information content (AvgIpc) is 2.49. The molecule has 1 rings (SSSR count). The Morgan fingerprint density at radius 1 is 1.40 bits per heavy atom. The first kappa shape index (κ1) is 11.4. The van der Waals surface area contributed by atoms with Crippen LogP contribution in [0.5, 0.6) is 0 Å². The van der Waals surface area contributed by atoms with E-state index in [9.17, 15) is 14.4 Å². The van der Waals surface area contributed by atoms with Gasteiger partial charge in [-0.05, 0) is 13.3 Å². The van der Waals surface area contributed by atoms with Crippen molar-refractivity contribution in [1.29, 1.82) is 0 Å². The largest absolute Gasteiger partial charge is 0.481 e. The first-order chi connectivity index (χ1) is 6.90. The summed E-state index contributed by atoms with van der Waals surface area (Å²) < 4.78 is 0. The third-order valence-corrected chi connectivity index (χ3v) is 2.70. The van der Waals surface area contributed by atoms with Crippen molar-refractivity contribution in [3.05, 3.63) is 12.2 Å². The number of carboxylic acids is 1. The third-order valence-electron chi connectivity index (χ3n) is 2.70. The molecular formula is C10H13NO4. The van der Waals surface area contributed by atoms with E-state index >= 15 is 0 Å². The minimum atomic E-state index is -1.07. The average molecular weight is 211 g/mol. The number of imide groups is 1. The van der Waals surface area contributed by atoms with Gasteiger partial charge >= 0.3 is 5.97 Å². The molecule has 0 spiro atoms. The molecule has 0 saturated carbocycles. The molecule has 1 heterocycles. The number of carbonyl (C=O) groups is 3. The van der Waals surface area contributed by atoms with Gasteiger partial charge in [0.05, 0.1) is 5.41 Å². The lowest BCUT2D eigenvalue weighted by atomic mass is 9.87. The maximum Gasteiger partial charge on any atom is 0.311 e. The standard InChI is InChI=1S/C10H13NO4/c1-3-10(2,9(14)15)6-11-7(12)4-5-8(11)13/h4-5H,3,6H2,1-2H3,(H,14,15). The highest BCUT2D eigenvalue weighted by Gasteiger charge is 2.37. The van der Waals surface area contributed by atoms with E-state index in [1.54, 1.807) is 6.92 Å². The Morgan fingerprint density at radius 2 is 1.87 bits per heavy atom. The molecule has 15 heavy (non-hydrogen) atoms. The molecule has 5 heteroatoms. The fraction of sp³-hybridized carbons (Fsp3) is 0.500. The lowest BCUT2D eigenvalue weighted by molar-refractivity contribution is -0.151. The van der Waals surface area contributed by atoms with Crippen LogP contribution in [0.4, 0.5) is 0 Å². The molecule has 0 bridgehead atoms. The van der Waals surface area contributed by atoms with Crippen molar-refractivity contribution in [3.8, 4) is 0 Å². The van der Waals surface area contributed by atoms with Gasteiger partial charge in [0.1, 0.15) is 0 Å². The molecule has 5 nitrogen and oxygen atoms in total. The first-order valence-corrected chi connectivity index (χ1v) is 4.67. The van der Waals surface area contributed by atoms with Gasteiger partial charge in [-0.1, -0.05) is 6.92 Å². The summed E-state index contributed by atoms with van der Waals surface area (Å²) in [5.74, 6) is -1.89. The molecule has 1 aliphatic heterocycles. The van der Waals surface area contributed by atoms with Crippen LogP contribution in [-0.4, -0.2) is 34.3 Å². The molecule has 82 valence electrons. The van der Waals surface area contributed by atoms with Crippen molar-refractivity contribution in [3.63, 3.8) is 0 Å². The van der Waals surface area contributed by atoms with Crippen LogP contribution in [0.3, 0.4) is 0 Å². The Labute approximate surface area is 87.4 Å². The number of nitrogens with zero attached hydrogens (tertiary/aromatic N) is 1. The minimum absolute atomic E-state index is 0.0799. The molecule has 0 aromatic rings.